The molecule has 1 saturated carbocycles. The summed E-state index contributed by atoms with van der Waals surface area (Å²) >= 11 is 0. The van der Waals surface area contributed by atoms with Gasteiger partial charge in [-0.15, -0.1) is 0 Å². The smallest absolute Gasteiger partial charge is 0.321 e. The molecule has 1 aliphatic carbocycles. The molecule has 1 aromatic heterocycles. The number of hydrogen-bond acceptors (Lipinski definition) is 4. The summed E-state index contributed by atoms with van der Waals surface area (Å²) in [6.07, 6.45) is 1.51. The second-order valence-electron chi connectivity index (χ2n) is 4.06. The highest BCUT2D eigenvalue weighted by molar-refractivity contribution is 5.86. The first-order valence-electron chi connectivity index (χ1n) is 5.21. The number of esters is 1. The van der Waals surface area contributed by atoms with Crippen LogP contribution in [0.25, 0.3) is 11.1 Å². The van der Waals surface area contributed by atoms with E-state index < -0.39 is 5.41 Å². The molecule has 0 amide bonds. The molecule has 0 radical (unpaired) electrons. The van der Waals surface area contributed by atoms with Gasteiger partial charge in [-0.1, -0.05) is 12.1 Å². The SMILES string of the molecule is COC(=O)C1(c2nc3ccccc3o2)CC1. The third kappa shape index (κ3) is 1.16. The van der Waals surface area contributed by atoms with Crippen LogP contribution in [-0.2, 0) is 14.9 Å². The van der Waals surface area contributed by atoms with Gasteiger partial charge in [-0.05, 0) is 25.0 Å². The lowest BCUT2D eigenvalue weighted by molar-refractivity contribution is -0.144. The molecule has 3 rings (SSSR count). The summed E-state index contributed by atoms with van der Waals surface area (Å²) in [7, 11) is 1.39. The van der Waals surface area contributed by atoms with Crippen LogP contribution < -0.4 is 0 Å². The molecule has 1 aromatic carbocycles. The summed E-state index contributed by atoms with van der Waals surface area (Å²) in [4.78, 5) is 16.0. The fourth-order valence-electron chi connectivity index (χ4n) is 1.90. The fraction of sp³-hybridized carbons (Fsp3) is 0.333. The topological polar surface area (TPSA) is 52.3 Å². The van der Waals surface area contributed by atoms with E-state index in [1.54, 1.807) is 0 Å². The van der Waals surface area contributed by atoms with Crippen molar-refractivity contribution in [3.8, 4) is 0 Å². The molecule has 0 spiro atoms. The second-order valence-corrected chi connectivity index (χ2v) is 4.06. The normalized spacial score (nSPS) is 17.3. The standard InChI is InChI=1S/C12H11NO3/c1-15-11(14)12(6-7-12)10-13-8-4-2-3-5-9(8)16-10/h2-5H,6-7H2,1H3. The van der Waals surface area contributed by atoms with Gasteiger partial charge in [0.2, 0.25) is 5.89 Å². The minimum Gasteiger partial charge on any atom is -0.468 e. The van der Waals surface area contributed by atoms with Gasteiger partial charge in [0, 0.05) is 0 Å². The van der Waals surface area contributed by atoms with E-state index in [0.29, 0.717) is 11.5 Å². The lowest BCUT2D eigenvalue weighted by Gasteiger charge is -2.06. The van der Waals surface area contributed by atoms with E-state index in [0.717, 1.165) is 18.4 Å². The number of nitrogens with zero attached hydrogens (tertiary/aromatic N) is 1. The lowest BCUT2D eigenvalue weighted by atomic mass is 10.1. The maximum atomic E-state index is 11.7. The molecular weight excluding hydrogens is 206 g/mol. The molecule has 4 nitrogen and oxygen atoms in total. The number of rotatable bonds is 2. The van der Waals surface area contributed by atoms with Crippen LogP contribution in [0.15, 0.2) is 28.7 Å². The maximum absolute atomic E-state index is 11.7. The Kier molecular flexibility index (Phi) is 1.80. The lowest BCUT2D eigenvalue weighted by Crippen LogP contribution is -2.22. The zero-order valence-electron chi connectivity index (χ0n) is 8.90. The minimum absolute atomic E-state index is 0.251. The maximum Gasteiger partial charge on any atom is 0.321 e. The molecule has 2 aromatic rings. The van der Waals surface area contributed by atoms with Crippen LogP contribution >= 0.6 is 0 Å². The summed E-state index contributed by atoms with van der Waals surface area (Å²) in [5, 5.41) is 0. The number of aromatic nitrogens is 1. The molecule has 1 aliphatic rings. The quantitative estimate of drug-likeness (QED) is 0.722. The van der Waals surface area contributed by atoms with Crippen LogP contribution in [0, 0.1) is 0 Å². The first-order chi connectivity index (χ1) is 7.76. The Bertz CT molecular complexity index is 521. The molecule has 16 heavy (non-hydrogen) atoms. The number of hydrogen-bond donors (Lipinski definition) is 0. The summed E-state index contributed by atoms with van der Waals surface area (Å²) < 4.78 is 10.4. The molecular formula is C12H11NO3. The van der Waals surface area contributed by atoms with Crippen LogP contribution in [0.1, 0.15) is 18.7 Å². The van der Waals surface area contributed by atoms with Gasteiger partial charge in [0.1, 0.15) is 10.9 Å². The summed E-state index contributed by atoms with van der Waals surface area (Å²) in [5.74, 6) is 0.236. The third-order valence-electron chi connectivity index (χ3n) is 3.03. The molecule has 4 heteroatoms. The minimum atomic E-state index is -0.617. The third-order valence-corrected chi connectivity index (χ3v) is 3.03. The molecule has 0 aliphatic heterocycles. The number of carbonyl (C=O) groups is 1. The van der Waals surface area contributed by atoms with Crippen LogP contribution in [0.3, 0.4) is 0 Å². The van der Waals surface area contributed by atoms with Gasteiger partial charge >= 0.3 is 5.97 Å². The number of para-hydroxylation sites is 2. The van der Waals surface area contributed by atoms with E-state index >= 15 is 0 Å². The molecule has 0 saturated heterocycles. The molecule has 1 fully saturated rings. The van der Waals surface area contributed by atoms with Crippen LogP contribution in [-0.4, -0.2) is 18.1 Å². The highest BCUT2D eigenvalue weighted by atomic mass is 16.5. The van der Waals surface area contributed by atoms with Crippen molar-refractivity contribution in [1.29, 1.82) is 0 Å². The zero-order chi connectivity index (χ0) is 11.2. The van der Waals surface area contributed by atoms with E-state index in [2.05, 4.69) is 4.98 Å². The Morgan fingerprint density at radius 1 is 1.44 bits per heavy atom. The summed E-state index contributed by atoms with van der Waals surface area (Å²) in [6.45, 7) is 0. The Balaban J connectivity index is 2.10. The van der Waals surface area contributed by atoms with E-state index in [9.17, 15) is 4.79 Å². The zero-order valence-corrected chi connectivity index (χ0v) is 8.90. The number of methoxy groups -OCH3 is 1. The summed E-state index contributed by atoms with van der Waals surface area (Å²) in [6, 6.07) is 7.50. The van der Waals surface area contributed by atoms with Crippen molar-refractivity contribution in [3.63, 3.8) is 0 Å². The van der Waals surface area contributed by atoms with Crippen molar-refractivity contribution in [3.05, 3.63) is 30.2 Å². The van der Waals surface area contributed by atoms with Crippen LogP contribution in [0.4, 0.5) is 0 Å². The molecule has 0 bridgehead atoms. The highest BCUT2D eigenvalue weighted by Crippen LogP contribution is 2.49. The number of carbonyl (C=O) groups excluding carboxylic acids is 1. The van der Waals surface area contributed by atoms with Gasteiger partial charge in [0.15, 0.2) is 5.58 Å². The molecule has 82 valence electrons. The second kappa shape index (κ2) is 3.07. The van der Waals surface area contributed by atoms with Gasteiger partial charge in [0.25, 0.3) is 0 Å². The molecule has 1 heterocycles. The van der Waals surface area contributed by atoms with Gasteiger partial charge in [-0.3, -0.25) is 4.79 Å². The average molecular weight is 217 g/mol. The predicted octanol–water partition coefficient (Wildman–Crippen LogP) is 2.03. The largest absolute Gasteiger partial charge is 0.468 e. The van der Waals surface area contributed by atoms with E-state index in [1.807, 2.05) is 24.3 Å². The van der Waals surface area contributed by atoms with Gasteiger partial charge in [-0.2, -0.15) is 0 Å². The fourth-order valence-corrected chi connectivity index (χ4v) is 1.90. The first kappa shape index (κ1) is 9.39. The number of fused-ring (bicyclic) bond motifs is 1. The van der Waals surface area contributed by atoms with Crippen LogP contribution in [0.2, 0.25) is 0 Å². The van der Waals surface area contributed by atoms with Crippen molar-refractivity contribution in [2.45, 2.75) is 18.3 Å². The number of oxazole rings is 1. The highest BCUT2D eigenvalue weighted by Gasteiger charge is 2.56. The first-order valence-corrected chi connectivity index (χ1v) is 5.21. The van der Waals surface area contributed by atoms with Gasteiger partial charge in [0.05, 0.1) is 7.11 Å². The monoisotopic (exact) mass is 217 g/mol. The van der Waals surface area contributed by atoms with Crippen LogP contribution in [0.5, 0.6) is 0 Å². The average Bonchev–Trinajstić information content (AvgIpc) is 3.01. The van der Waals surface area contributed by atoms with Crippen molar-refractivity contribution in [2.75, 3.05) is 7.11 Å². The van der Waals surface area contributed by atoms with Crippen molar-refractivity contribution in [1.82, 2.24) is 4.98 Å². The van der Waals surface area contributed by atoms with E-state index in [4.69, 9.17) is 9.15 Å². The van der Waals surface area contributed by atoms with Crippen molar-refractivity contribution < 1.29 is 13.9 Å². The molecule has 0 N–H and O–H groups in total. The molecule has 0 unspecified atom stereocenters. The Morgan fingerprint density at radius 3 is 2.81 bits per heavy atom. The summed E-state index contributed by atoms with van der Waals surface area (Å²) in [5.41, 5.74) is 0.883. The van der Waals surface area contributed by atoms with E-state index in [-0.39, 0.29) is 5.97 Å². The van der Waals surface area contributed by atoms with Gasteiger partial charge < -0.3 is 9.15 Å². The Hall–Kier alpha value is -1.84. The number of ether oxygens (including phenoxy) is 1. The van der Waals surface area contributed by atoms with E-state index in [1.165, 1.54) is 7.11 Å². The Labute approximate surface area is 92.2 Å². The Morgan fingerprint density at radius 2 is 2.19 bits per heavy atom. The van der Waals surface area contributed by atoms with Gasteiger partial charge in [-0.25, -0.2) is 4.98 Å². The molecule has 0 atom stereocenters. The predicted molar refractivity (Wildman–Crippen MR) is 56.9 cm³/mol. The number of benzene rings is 1. The van der Waals surface area contributed by atoms with Crippen molar-refractivity contribution >= 4 is 17.1 Å². The van der Waals surface area contributed by atoms with Crippen molar-refractivity contribution in [2.24, 2.45) is 0 Å².